The van der Waals surface area contributed by atoms with Crippen LogP contribution >= 0.6 is 0 Å². The van der Waals surface area contributed by atoms with Crippen molar-refractivity contribution in [3.8, 4) is 0 Å². The number of aliphatic hydroxyl groups is 3. The van der Waals surface area contributed by atoms with Crippen molar-refractivity contribution in [3.05, 3.63) is 40.3 Å². The number of ether oxygens (including phenoxy) is 1. The van der Waals surface area contributed by atoms with Crippen molar-refractivity contribution in [3.63, 3.8) is 0 Å². The van der Waals surface area contributed by atoms with E-state index in [0.29, 0.717) is 0 Å². The van der Waals surface area contributed by atoms with Crippen molar-refractivity contribution >= 4 is 11.8 Å². The molecule has 1 aliphatic heterocycles. The number of aromatic nitrogens is 5. The number of hydrogen-bond donors (Lipinski definition) is 6. The number of hydrogen-bond acceptors (Lipinski definition) is 10. The summed E-state index contributed by atoms with van der Waals surface area (Å²) in [6.07, 6.45) is -2.52. The summed E-state index contributed by atoms with van der Waals surface area (Å²) in [6.45, 7) is -0.438. The summed E-state index contributed by atoms with van der Waals surface area (Å²) in [7, 11) is 0. The topological polar surface area (TPSA) is 233 Å². The SMILES string of the molecule is NC(=O)c1nc(F)c[nH]c1=O.NC(=O)c1ncn([C@@H]2O[C@H](CO)[C@@H](O)[C@H]2O)n1. The zero-order valence-electron chi connectivity index (χ0n) is 14.0. The van der Waals surface area contributed by atoms with Crippen LogP contribution in [0.2, 0.25) is 0 Å². The summed E-state index contributed by atoms with van der Waals surface area (Å²) in [4.78, 5) is 40.3. The maximum atomic E-state index is 12.2. The van der Waals surface area contributed by atoms with Gasteiger partial charge in [0.2, 0.25) is 11.8 Å². The Morgan fingerprint density at radius 2 is 1.96 bits per heavy atom. The zero-order valence-corrected chi connectivity index (χ0v) is 14.0. The van der Waals surface area contributed by atoms with Gasteiger partial charge in [-0.1, -0.05) is 0 Å². The molecule has 0 spiro atoms. The fourth-order valence-electron chi connectivity index (χ4n) is 2.16. The summed E-state index contributed by atoms with van der Waals surface area (Å²) in [5.41, 5.74) is 8.25. The van der Waals surface area contributed by atoms with Crippen molar-refractivity contribution < 1.29 is 34.0 Å². The number of aromatic amines is 1. The number of carbonyl (C=O) groups excluding carboxylic acids is 2. The number of aliphatic hydroxyl groups excluding tert-OH is 3. The minimum absolute atomic E-state index is 0.220. The lowest BCUT2D eigenvalue weighted by atomic mass is 10.1. The van der Waals surface area contributed by atoms with Gasteiger partial charge in [-0.2, -0.15) is 4.39 Å². The first-order valence-corrected chi connectivity index (χ1v) is 7.54. The van der Waals surface area contributed by atoms with Crippen LogP contribution in [-0.2, 0) is 4.74 Å². The van der Waals surface area contributed by atoms with Gasteiger partial charge in [-0.25, -0.2) is 14.6 Å². The van der Waals surface area contributed by atoms with Crippen LogP contribution < -0.4 is 17.0 Å². The van der Waals surface area contributed by atoms with Gasteiger partial charge in [0.1, 0.15) is 24.6 Å². The number of primary amides is 2. The van der Waals surface area contributed by atoms with Crippen molar-refractivity contribution in [1.29, 1.82) is 0 Å². The van der Waals surface area contributed by atoms with Gasteiger partial charge in [0.25, 0.3) is 17.4 Å². The van der Waals surface area contributed by atoms with E-state index in [1.54, 1.807) is 0 Å². The third kappa shape index (κ3) is 4.52. The van der Waals surface area contributed by atoms with E-state index in [0.717, 1.165) is 17.2 Å². The molecule has 3 rings (SSSR count). The molecule has 152 valence electrons. The Morgan fingerprint density at radius 3 is 2.43 bits per heavy atom. The van der Waals surface area contributed by atoms with Gasteiger partial charge in [-0.3, -0.25) is 14.4 Å². The molecule has 1 fully saturated rings. The molecule has 3 heterocycles. The van der Waals surface area contributed by atoms with E-state index in [1.165, 1.54) is 0 Å². The number of halogens is 1. The zero-order chi connectivity index (χ0) is 21.0. The molecule has 0 radical (unpaired) electrons. The minimum Gasteiger partial charge on any atom is -0.394 e. The highest BCUT2D eigenvalue weighted by Gasteiger charge is 2.44. The van der Waals surface area contributed by atoms with Crippen LogP contribution in [0.4, 0.5) is 4.39 Å². The Bertz CT molecular complexity index is 917. The van der Waals surface area contributed by atoms with Crippen molar-refractivity contribution in [2.24, 2.45) is 11.5 Å². The molecule has 2 aromatic heterocycles. The second-order valence-corrected chi connectivity index (χ2v) is 5.41. The number of amides is 2. The Hall–Kier alpha value is -3.27. The Kier molecular flexibility index (Phi) is 6.47. The van der Waals surface area contributed by atoms with Gasteiger partial charge in [0.15, 0.2) is 11.9 Å². The Morgan fingerprint density at radius 1 is 1.29 bits per heavy atom. The first kappa shape index (κ1) is 21.0. The second-order valence-electron chi connectivity index (χ2n) is 5.41. The van der Waals surface area contributed by atoms with Crippen molar-refractivity contribution in [2.75, 3.05) is 6.61 Å². The normalized spacial score (nSPS) is 23.7. The predicted octanol–water partition coefficient (Wildman–Crippen LogP) is -4.00. The molecule has 1 aliphatic rings. The van der Waals surface area contributed by atoms with Crippen LogP contribution in [0.5, 0.6) is 0 Å². The summed E-state index contributed by atoms with van der Waals surface area (Å²) in [5, 5.41) is 31.8. The molecule has 0 aromatic carbocycles. The monoisotopic (exact) mass is 401 g/mol. The number of nitrogens with two attached hydrogens (primary N) is 2. The summed E-state index contributed by atoms with van der Waals surface area (Å²) in [5.74, 6) is -3.03. The highest BCUT2D eigenvalue weighted by atomic mass is 19.1. The van der Waals surface area contributed by atoms with Crippen LogP contribution in [-0.4, -0.2) is 76.8 Å². The van der Waals surface area contributed by atoms with Crippen LogP contribution in [0.15, 0.2) is 17.3 Å². The fourth-order valence-corrected chi connectivity index (χ4v) is 2.16. The molecule has 0 aliphatic carbocycles. The van der Waals surface area contributed by atoms with Crippen LogP contribution in [0.1, 0.15) is 27.3 Å². The van der Waals surface area contributed by atoms with Crippen LogP contribution in [0.25, 0.3) is 0 Å². The molecule has 4 atom stereocenters. The first-order chi connectivity index (χ1) is 13.1. The highest BCUT2D eigenvalue weighted by molar-refractivity contribution is 5.90. The molecule has 28 heavy (non-hydrogen) atoms. The van der Waals surface area contributed by atoms with E-state index in [2.05, 4.69) is 15.1 Å². The van der Waals surface area contributed by atoms with E-state index in [-0.39, 0.29) is 5.82 Å². The molecule has 14 nitrogen and oxygen atoms in total. The quantitative estimate of drug-likeness (QED) is 0.290. The maximum absolute atomic E-state index is 12.2. The van der Waals surface area contributed by atoms with Gasteiger partial charge in [0.05, 0.1) is 12.8 Å². The minimum atomic E-state index is -1.27. The number of carbonyl (C=O) groups is 2. The summed E-state index contributed by atoms with van der Waals surface area (Å²) >= 11 is 0. The van der Waals surface area contributed by atoms with Crippen LogP contribution in [0.3, 0.4) is 0 Å². The Balaban J connectivity index is 0.000000221. The highest BCUT2D eigenvalue weighted by Crippen LogP contribution is 2.28. The number of rotatable bonds is 4. The molecule has 15 heteroatoms. The fraction of sp³-hybridized carbons (Fsp3) is 0.385. The predicted molar refractivity (Wildman–Crippen MR) is 84.9 cm³/mol. The molecule has 2 aromatic rings. The lowest BCUT2D eigenvalue weighted by Gasteiger charge is -2.13. The number of nitrogens with zero attached hydrogens (tertiary/aromatic N) is 4. The molecule has 1 saturated heterocycles. The van der Waals surface area contributed by atoms with E-state index in [9.17, 15) is 29.0 Å². The lowest BCUT2D eigenvalue weighted by Crippen LogP contribution is -2.33. The van der Waals surface area contributed by atoms with E-state index in [1.807, 2.05) is 4.98 Å². The molecule has 0 unspecified atom stereocenters. The molecule has 8 N–H and O–H groups in total. The summed E-state index contributed by atoms with van der Waals surface area (Å²) in [6, 6.07) is 0. The first-order valence-electron chi connectivity index (χ1n) is 7.54. The van der Waals surface area contributed by atoms with Crippen LogP contribution in [0, 0.1) is 5.95 Å². The number of H-pyrrole nitrogens is 1. The average molecular weight is 401 g/mol. The maximum Gasteiger partial charge on any atom is 0.288 e. The smallest absolute Gasteiger partial charge is 0.288 e. The molecule has 0 saturated carbocycles. The largest absolute Gasteiger partial charge is 0.394 e. The van der Waals surface area contributed by atoms with Gasteiger partial charge >= 0.3 is 0 Å². The number of nitrogens with one attached hydrogen (secondary N) is 1. The van der Waals surface area contributed by atoms with Crippen molar-refractivity contribution in [1.82, 2.24) is 24.7 Å². The molecular formula is C13H16FN7O7. The molecule has 2 amide bonds. The van der Waals surface area contributed by atoms with E-state index >= 15 is 0 Å². The van der Waals surface area contributed by atoms with Gasteiger partial charge in [0, 0.05) is 0 Å². The lowest BCUT2D eigenvalue weighted by molar-refractivity contribution is -0.0588. The van der Waals surface area contributed by atoms with Crippen molar-refractivity contribution in [2.45, 2.75) is 24.5 Å². The third-order valence-corrected chi connectivity index (χ3v) is 3.50. The Labute approximate surface area is 154 Å². The molecule has 0 bridgehead atoms. The van der Waals surface area contributed by atoms with Gasteiger partial charge < -0.3 is 36.5 Å². The van der Waals surface area contributed by atoms with E-state index in [4.69, 9.17) is 21.3 Å². The van der Waals surface area contributed by atoms with E-state index < -0.39 is 60.2 Å². The second kappa shape index (κ2) is 8.61. The summed E-state index contributed by atoms with van der Waals surface area (Å²) < 4.78 is 18.5. The van der Waals surface area contributed by atoms with Gasteiger partial charge in [-0.05, 0) is 0 Å². The standard InChI is InChI=1S/C8H12N4O5.C5H4FN3O2/c9-6(16)7-10-2-12(11-7)8-5(15)4(14)3(1-13)17-8;6-2-1-8-5(11)3(9-2)4(7)10/h2-5,8,13-15H,1H2,(H2,9,16);1H,(H2,7,10)(H,8,11)/t3-,4-,5-,8-;/m1./s1. The van der Waals surface area contributed by atoms with Gasteiger partial charge in [-0.15, -0.1) is 5.10 Å². The third-order valence-electron chi connectivity index (χ3n) is 3.50. The molecular weight excluding hydrogens is 385 g/mol. The average Bonchev–Trinajstić information content (AvgIpc) is 3.23.